The van der Waals surface area contributed by atoms with Gasteiger partial charge >= 0.3 is 0 Å². The number of anilines is 2. The number of hydrogen-bond acceptors (Lipinski definition) is 6. The van der Waals surface area contributed by atoms with Gasteiger partial charge < -0.3 is 20.1 Å². The minimum Gasteiger partial charge on any atom is -0.493 e. The van der Waals surface area contributed by atoms with Crippen LogP contribution in [0.15, 0.2) is 54.9 Å². The molecule has 2 N–H and O–H groups in total. The standard InChI is InChI=1S/C21H22N4O3/c1-14-6-4-5-7-17(14)25-21-23-12-16(13-24-21)20(26)22-11-15-8-9-18(27-2)19(10-15)28-3/h4-10,12-13H,11H2,1-3H3,(H,22,26)(H,23,24,25). The highest BCUT2D eigenvalue weighted by molar-refractivity contribution is 5.93. The monoisotopic (exact) mass is 378 g/mol. The lowest BCUT2D eigenvalue weighted by molar-refractivity contribution is 0.0950. The number of carbonyl (C=O) groups excluding carboxylic acids is 1. The first-order chi connectivity index (χ1) is 13.6. The topological polar surface area (TPSA) is 85.4 Å². The van der Waals surface area contributed by atoms with Gasteiger partial charge in [-0.25, -0.2) is 9.97 Å². The van der Waals surface area contributed by atoms with Gasteiger partial charge in [-0.1, -0.05) is 24.3 Å². The summed E-state index contributed by atoms with van der Waals surface area (Å²) in [4.78, 5) is 20.8. The molecule has 0 bridgehead atoms. The van der Waals surface area contributed by atoms with Crippen LogP contribution in [-0.4, -0.2) is 30.1 Å². The second-order valence-electron chi connectivity index (χ2n) is 6.11. The van der Waals surface area contributed by atoms with Crippen LogP contribution in [-0.2, 0) is 6.54 Å². The fraction of sp³-hybridized carbons (Fsp3) is 0.190. The maximum Gasteiger partial charge on any atom is 0.254 e. The third-order valence-corrected chi connectivity index (χ3v) is 4.21. The summed E-state index contributed by atoms with van der Waals surface area (Å²) < 4.78 is 10.5. The number of methoxy groups -OCH3 is 2. The number of aromatic nitrogens is 2. The van der Waals surface area contributed by atoms with E-state index in [4.69, 9.17) is 9.47 Å². The van der Waals surface area contributed by atoms with Crippen LogP contribution < -0.4 is 20.1 Å². The molecule has 0 spiro atoms. The van der Waals surface area contributed by atoms with Gasteiger partial charge in [0.05, 0.1) is 19.8 Å². The number of benzene rings is 2. The lowest BCUT2D eigenvalue weighted by Crippen LogP contribution is -2.23. The summed E-state index contributed by atoms with van der Waals surface area (Å²) in [6, 6.07) is 13.3. The molecule has 3 aromatic rings. The highest BCUT2D eigenvalue weighted by atomic mass is 16.5. The number of hydrogen-bond donors (Lipinski definition) is 2. The van der Waals surface area contributed by atoms with Crippen LogP contribution in [0.1, 0.15) is 21.5 Å². The summed E-state index contributed by atoms with van der Waals surface area (Å²) in [5.74, 6) is 1.44. The first-order valence-electron chi connectivity index (χ1n) is 8.74. The van der Waals surface area contributed by atoms with Crippen LogP contribution >= 0.6 is 0 Å². The molecule has 7 heteroatoms. The summed E-state index contributed by atoms with van der Waals surface area (Å²) >= 11 is 0. The Hall–Kier alpha value is -3.61. The Kier molecular flexibility index (Phi) is 6.06. The van der Waals surface area contributed by atoms with Gasteiger partial charge in [-0.15, -0.1) is 0 Å². The Labute approximate surface area is 163 Å². The van der Waals surface area contributed by atoms with Crippen molar-refractivity contribution >= 4 is 17.5 Å². The fourth-order valence-corrected chi connectivity index (χ4v) is 2.62. The molecule has 0 saturated carbocycles. The highest BCUT2D eigenvalue weighted by Gasteiger charge is 2.09. The van der Waals surface area contributed by atoms with Gasteiger partial charge in [0.15, 0.2) is 11.5 Å². The number of nitrogens with one attached hydrogen (secondary N) is 2. The van der Waals surface area contributed by atoms with E-state index in [-0.39, 0.29) is 5.91 Å². The van der Waals surface area contributed by atoms with Crippen molar-refractivity contribution in [2.24, 2.45) is 0 Å². The quantitative estimate of drug-likeness (QED) is 0.655. The van der Waals surface area contributed by atoms with E-state index in [9.17, 15) is 4.79 Å². The average molecular weight is 378 g/mol. The molecule has 0 saturated heterocycles. The third kappa shape index (κ3) is 4.56. The molecule has 0 atom stereocenters. The van der Waals surface area contributed by atoms with Crippen LogP contribution in [0.4, 0.5) is 11.6 Å². The van der Waals surface area contributed by atoms with Gasteiger partial charge in [0, 0.05) is 24.6 Å². The van der Waals surface area contributed by atoms with Gasteiger partial charge in [0.1, 0.15) is 0 Å². The molecular weight excluding hydrogens is 356 g/mol. The van der Waals surface area contributed by atoms with Crippen molar-refractivity contribution in [3.8, 4) is 11.5 Å². The molecule has 7 nitrogen and oxygen atoms in total. The zero-order valence-electron chi connectivity index (χ0n) is 16.0. The first-order valence-corrected chi connectivity index (χ1v) is 8.74. The van der Waals surface area contributed by atoms with E-state index >= 15 is 0 Å². The minimum atomic E-state index is -0.253. The zero-order valence-corrected chi connectivity index (χ0v) is 16.0. The van der Waals surface area contributed by atoms with Gasteiger partial charge in [-0.3, -0.25) is 4.79 Å². The molecule has 144 valence electrons. The molecule has 0 aliphatic rings. The second kappa shape index (κ2) is 8.85. The summed E-state index contributed by atoms with van der Waals surface area (Å²) in [5, 5.41) is 5.99. The lowest BCUT2D eigenvalue weighted by atomic mass is 10.2. The van der Waals surface area contributed by atoms with Crippen LogP contribution in [0.3, 0.4) is 0 Å². The minimum absolute atomic E-state index is 0.253. The zero-order chi connectivity index (χ0) is 19.9. The molecule has 1 amide bonds. The molecule has 3 rings (SSSR count). The molecule has 28 heavy (non-hydrogen) atoms. The average Bonchev–Trinajstić information content (AvgIpc) is 2.74. The van der Waals surface area contributed by atoms with Crippen molar-refractivity contribution in [2.75, 3.05) is 19.5 Å². The van der Waals surface area contributed by atoms with E-state index in [0.717, 1.165) is 16.8 Å². The number of rotatable bonds is 7. The van der Waals surface area contributed by atoms with Crippen LogP contribution in [0.2, 0.25) is 0 Å². The van der Waals surface area contributed by atoms with Crippen molar-refractivity contribution in [2.45, 2.75) is 13.5 Å². The summed E-state index contributed by atoms with van der Waals surface area (Å²) in [6.45, 7) is 2.35. The first kappa shape index (κ1) is 19.2. The molecule has 0 unspecified atom stereocenters. The van der Waals surface area contributed by atoms with E-state index in [1.807, 2.05) is 43.3 Å². The largest absolute Gasteiger partial charge is 0.493 e. The Morgan fingerprint density at radius 3 is 2.39 bits per heavy atom. The summed E-state index contributed by atoms with van der Waals surface area (Å²) in [6.07, 6.45) is 3.00. The predicted octanol–water partition coefficient (Wildman–Crippen LogP) is 3.48. The maximum atomic E-state index is 12.4. The van der Waals surface area contributed by atoms with E-state index in [1.165, 1.54) is 12.4 Å². The SMILES string of the molecule is COc1ccc(CNC(=O)c2cnc(Nc3ccccc3C)nc2)cc1OC. The normalized spacial score (nSPS) is 10.2. The number of carbonyl (C=O) groups is 1. The Morgan fingerprint density at radius 2 is 1.71 bits per heavy atom. The second-order valence-corrected chi connectivity index (χ2v) is 6.11. The van der Waals surface area contributed by atoms with Crippen molar-refractivity contribution in [3.05, 3.63) is 71.5 Å². The molecule has 0 aliphatic carbocycles. The Morgan fingerprint density at radius 1 is 1.00 bits per heavy atom. The molecular formula is C21H22N4O3. The van der Waals surface area contributed by atoms with Crippen molar-refractivity contribution in [3.63, 3.8) is 0 Å². The van der Waals surface area contributed by atoms with Crippen molar-refractivity contribution < 1.29 is 14.3 Å². The van der Waals surface area contributed by atoms with Crippen LogP contribution in [0, 0.1) is 6.92 Å². The van der Waals surface area contributed by atoms with Crippen molar-refractivity contribution in [1.29, 1.82) is 0 Å². The molecule has 2 aromatic carbocycles. The highest BCUT2D eigenvalue weighted by Crippen LogP contribution is 2.27. The molecule has 0 fully saturated rings. The van der Waals surface area contributed by atoms with E-state index in [2.05, 4.69) is 20.6 Å². The number of amides is 1. The summed E-state index contributed by atoms with van der Waals surface area (Å²) in [7, 11) is 3.15. The number of para-hydroxylation sites is 1. The van der Waals surface area contributed by atoms with E-state index < -0.39 is 0 Å². The van der Waals surface area contributed by atoms with Crippen molar-refractivity contribution in [1.82, 2.24) is 15.3 Å². The fourth-order valence-electron chi connectivity index (χ4n) is 2.62. The third-order valence-electron chi connectivity index (χ3n) is 4.21. The summed E-state index contributed by atoms with van der Waals surface area (Å²) in [5.41, 5.74) is 3.29. The number of nitrogens with zero attached hydrogens (tertiary/aromatic N) is 2. The van der Waals surface area contributed by atoms with Gasteiger partial charge in [-0.2, -0.15) is 0 Å². The molecule has 0 aliphatic heterocycles. The maximum absolute atomic E-state index is 12.4. The van der Waals surface area contributed by atoms with Crippen LogP contribution in [0.25, 0.3) is 0 Å². The predicted molar refractivity (Wildman–Crippen MR) is 107 cm³/mol. The van der Waals surface area contributed by atoms with Gasteiger partial charge in [-0.05, 0) is 36.2 Å². The number of aryl methyl sites for hydroxylation is 1. The molecule has 1 aromatic heterocycles. The van der Waals surface area contributed by atoms with E-state index in [0.29, 0.717) is 29.6 Å². The molecule has 1 heterocycles. The van der Waals surface area contributed by atoms with E-state index in [1.54, 1.807) is 20.3 Å². The lowest BCUT2D eigenvalue weighted by Gasteiger charge is -2.11. The smallest absolute Gasteiger partial charge is 0.254 e. The van der Waals surface area contributed by atoms with Gasteiger partial charge in [0.25, 0.3) is 5.91 Å². The Bertz CT molecular complexity index is 958. The van der Waals surface area contributed by atoms with Gasteiger partial charge in [0.2, 0.25) is 5.95 Å². The number of ether oxygens (including phenoxy) is 2. The molecule has 0 radical (unpaired) electrons. The van der Waals surface area contributed by atoms with Crippen LogP contribution in [0.5, 0.6) is 11.5 Å². The Balaban J connectivity index is 1.61.